The number of rotatable bonds is 8. The molecule has 1 aromatic carbocycles. The third kappa shape index (κ3) is 5.75. The molecule has 0 aliphatic heterocycles. The van der Waals surface area contributed by atoms with Gasteiger partial charge in [0.15, 0.2) is 5.63 Å². The molecule has 1 aliphatic carbocycles. The minimum atomic E-state index is -2.72. The molecule has 1 aliphatic rings. The summed E-state index contributed by atoms with van der Waals surface area (Å²) < 4.78 is 41.6. The number of nitrogens with one attached hydrogen (secondary N) is 1. The van der Waals surface area contributed by atoms with E-state index in [4.69, 9.17) is 11.6 Å². The Morgan fingerprint density at radius 2 is 1.86 bits per heavy atom. The zero-order valence-electron chi connectivity index (χ0n) is 19.0. The fourth-order valence-electron chi connectivity index (χ4n) is 4.32. The van der Waals surface area contributed by atoms with Gasteiger partial charge in [0.25, 0.3) is 5.91 Å². The zero-order valence-corrected chi connectivity index (χ0v) is 20.6. The number of thiazole rings is 1. The molecule has 35 heavy (non-hydrogen) atoms. The molecule has 1 saturated carbocycles. The van der Waals surface area contributed by atoms with E-state index >= 15 is 0 Å². The van der Waals surface area contributed by atoms with Crippen LogP contribution in [-0.2, 0) is 10.3 Å². The van der Waals surface area contributed by atoms with Gasteiger partial charge in [0, 0.05) is 48.7 Å². The first kappa shape index (κ1) is 25.4. The van der Waals surface area contributed by atoms with E-state index in [9.17, 15) is 18.0 Å². The summed E-state index contributed by atoms with van der Waals surface area (Å²) >= 11 is 7.28. The number of benzene rings is 1. The molecular formula is C24H25ClF3N5OS. The Kier molecular flexibility index (Phi) is 7.61. The smallest absolute Gasteiger partial charge is 0.250 e. The minimum Gasteiger partial charge on any atom is -0.351 e. The van der Waals surface area contributed by atoms with Gasteiger partial charge in [-0.25, -0.2) is 23.1 Å². The lowest BCUT2D eigenvalue weighted by Gasteiger charge is -2.43. The van der Waals surface area contributed by atoms with Crippen LogP contribution in [0, 0.1) is 0 Å². The van der Waals surface area contributed by atoms with Crippen molar-refractivity contribution in [2.45, 2.75) is 55.7 Å². The van der Waals surface area contributed by atoms with Crippen molar-refractivity contribution in [2.24, 2.45) is 0 Å². The first-order valence-corrected chi connectivity index (χ1v) is 12.5. The van der Waals surface area contributed by atoms with Gasteiger partial charge in [0.05, 0.1) is 16.9 Å². The summed E-state index contributed by atoms with van der Waals surface area (Å²) in [4.78, 5) is 28.5. The van der Waals surface area contributed by atoms with Crippen LogP contribution in [0.2, 0.25) is 0 Å². The van der Waals surface area contributed by atoms with Crippen molar-refractivity contribution in [1.82, 2.24) is 20.3 Å². The average Bonchev–Trinajstić information content (AvgIpc) is 3.39. The molecule has 0 unspecified atom stereocenters. The van der Waals surface area contributed by atoms with Crippen molar-refractivity contribution in [1.29, 1.82) is 0 Å². The van der Waals surface area contributed by atoms with E-state index < -0.39 is 29.0 Å². The second kappa shape index (κ2) is 10.5. The van der Waals surface area contributed by atoms with Gasteiger partial charge < -0.3 is 10.2 Å². The summed E-state index contributed by atoms with van der Waals surface area (Å²) in [5.41, 5.74) is 0.388. The van der Waals surface area contributed by atoms with Crippen LogP contribution < -0.4 is 10.2 Å². The van der Waals surface area contributed by atoms with Gasteiger partial charge in [-0.2, -0.15) is 0 Å². The normalized spacial score (nSPS) is 18.4. The number of carbonyl (C=O) groups is 1. The molecule has 0 saturated heterocycles. The van der Waals surface area contributed by atoms with Crippen molar-refractivity contribution < 1.29 is 18.0 Å². The molecule has 0 spiro atoms. The zero-order chi connectivity index (χ0) is 25.1. The lowest BCUT2D eigenvalue weighted by molar-refractivity contribution is -0.128. The molecule has 1 fully saturated rings. The van der Waals surface area contributed by atoms with Crippen molar-refractivity contribution in [2.75, 3.05) is 11.4 Å². The Hall–Kier alpha value is -2.72. The van der Waals surface area contributed by atoms with E-state index in [0.29, 0.717) is 11.3 Å². The van der Waals surface area contributed by atoms with E-state index in [1.54, 1.807) is 35.7 Å². The number of carbonyl (C=O) groups excluding carboxylic acids is 1. The van der Waals surface area contributed by atoms with Gasteiger partial charge in [0.1, 0.15) is 11.9 Å². The van der Waals surface area contributed by atoms with Crippen molar-refractivity contribution in [3.63, 3.8) is 0 Å². The van der Waals surface area contributed by atoms with E-state index in [1.807, 2.05) is 12.1 Å². The number of amides is 1. The molecule has 2 aromatic heterocycles. The highest BCUT2D eigenvalue weighted by Crippen LogP contribution is 2.37. The maximum absolute atomic E-state index is 14.3. The predicted octanol–water partition coefficient (Wildman–Crippen LogP) is 5.55. The van der Waals surface area contributed by atoms with Crippen LogP contribution in [0.25, 0.3) is 10.4 Å². The fourth-order valence-corrected chi connectivity index (χ4v) is 5.09. The third-order valence-electron chi connectivity index (χ3n) is 6.37. The number of hydrogen-bond acceptors (Lipinski definition) is 6. The van der Waals surface area contributed by atoms with Crippen LogP contribution >= 0.6 is 22.9 Å². The van der Waals surface area contributed by atoms with Gasteiger partial charge in [-0.1, -0.05) is 23.7 Å². The van der Waals surface area contributed by atoms with E-state index in [0.717, 1.165) is 10.4 Å². The van der Waals surface area contributed by atoms with Crippen LogP contribution in [-0.4, -0.2) is 45.0 Å². The molecule has 186 valence electrons. The molecule has 2 atom stereocenters. The van der Waals surface area contributed by atoms with Crippen LogP contribution in [0.1, 0.15) is 38.2 Å². The SMILES string of the molecule is C[C@](C(=O)NC1CCC(F)(F)CC1)(c1cncnc1)N(C[C@H](F)Cl)c1ccc(-c2cncs2)cc1. The summed E-state index contributed by atoms with van der Waals surface area (Å²) in [7, 11) is 0. The van der Waals surface area contributed by atoms with Gasteiger partial charge >= 0.3 is 0 Å². The highest BCUT2D eigenvalue weighted by atomic mass is 35.5. The highest BCUT2D eigenvalue weighted by molar-refractivity contribution is 7.13. The molecular weight excluding hydrogens is 499 g/mol. The molecule has 4 rings (SSSR count). The summed E-state index contributed by atoms with van der Waals surface area (Å²) in [6, 6.07) is 6.87. The monoisotopic (exact) mass is 523 g/mol. The predicted molar refractivity (Wildman–Crippen MR) is 130 cm³/mol. The highest BCUT2D eigenvalue weighted by Gasteiger charge is 2.45. The van der Waals surface area contributed by atoms with E-state index in [1.165, 1.54) is 30.1 Å². The van der Waals surface area contributed by atoms with Crippen molar-refractivity contribution in [3.8, 4) is 10.4 Å². The van der Waals surface area contributed by atoms with E-state index in [2.05, 4.69) is 20.3 Å². The third-order valence-corrected chi connectivity index (χ3v) is 7.33. The van der Waals surface area contributed by atoms with Crippen LogP contribution in [0.4, 0.5) is 18.9 Å². The summed E-state index contributed by atoms with van der Waals surface area (Å²) in [5, 5.41) is 2.91. The Bertz CT molecular complexity index is 1110. The molecule has 6 nitrogen and oxygen atoms in total. The summed E-state index contributed by atoms with van der Waals surface area (Å²) in [6.07, 6.45) is 5.79. The van der Waals surface area contributed by atoms with Crippen LogP contribution in [0.15, 0.2) is 54.7 Å². The number of halogens is 4. The second-order valence-electron chi connectivity index (χ2n) is 8.72. The molecule has 0 bridgehead atoms. The number of aromatic nitrogens is 3. The minimum absolute atomic E-state index is 0.158. The lowest BCUT2D eigenvalue weighted by Crippen LogP contribution is -2.58. The maximum atomic E-state index is 14.3. The molecule has 1 amide bonds. The number of hydrogen-bond donors (Lipinski definition) is 1. The van der Waals surface area contributed by atoms with Gasteiger partial charge in [-0.3, -0.25) is 9.78 Å². The summed E-state index contributed by atoms with van der Waals surface area (Å²) in [6.45, 7) is 1.33. The van der Waals surface area contributed by atoms with Crippen molar-refractivity contribution >= 4 is 34.5 Å². The molecule has 3 aromatic rings. The number of alkyl halides is 4. The quantitative estimate of drug-likeness (QED) is 0.392. The van der Waals surface area contributed by atoms with Crippen LogP contribution in [0.5, 0.6) is 0 Å². The first-order chi connectivity index (χ1) is 16.7. The number of nitrogens with zero attached hydrogens (tertiary/aromatic N) is 4. The topological polar surface area (TPSA) is 71.0 Å². The van der Waals surface area contributed by atoms with Gasteiger partial charge in [-0.15, -0.1) is 11.3 Å². The van der Waals surface area contributed by atoms with Gasteiger partial charge in [-0.05, 0) is 37.5 Å². The second-order valence-corrected chi connectivity index (χ2v) is 10.1. The molecule has 0 radical (unpaired) electrons. The fraction of sp³-hybridized carbons (Fsp3) is 0.417. The molecule has 11 heteroatoms. The Morgan fingerprint density at radius 3 is 2.43 bits per heavy atom. The Morgan fingerprint density at radius 1 is 1.20 bits per heavy atom. The Labute approximate surface area is 210 Å². The molecule has 1 N–H and O–H groups in total. The van der Waals surface area contributed by atoms with Gasteiger partial charge in [0.2, 0.25) is 5.92 Å². The standard InChI is InChI=1S/C24H25ClF3N5OS/c1-23(17-10-29-14-30-11-17,22(34)32-18-6-8-24(27,28)9-7-18)33(13-21(25)26)19-4-2-16(3-5-19)20-12-31-15-35-20/h2-5,10-12,14-15,18,21H,6-9,13H2,1H3,(H,32,34)/t21-,23+/m0/s1. The maximum Gasteiger partial charge on any atom is 0.250 e. The van der Waals surface area contributed by atoms with Crippen LogP contribution in [0.3, 0.4) is 0 Å². The molecule has 2 heterocycles. The van der Waals surface area contributed by atoms with Crippen molar-refractivity contribution in [3.05, 3.63) is 60.3 Å². The average molecular weight is 524 g/mol. The summed E-state index contributed by atoms with van der Waals surface area (Å²) in [5.74, 6) is -3.18. The largest absolute Gasteiger partial charge is 0.351 e. The Balaban J connectivity index is 1.69. The first-order valence-electron chi connectivity index (χ1n) is 11.2. The lowest BCUT2D eigenvalue weighted by atomic mass is 9.87. The van der Waals surface area contributed by atoms with E-state index in [-0.39, 0.29) is 32.2 Å². The number of anilines is 1.